The number of nitrogens with one attached hydrogen (secondary N) is 1. The van der Waals surface area contributed by atoms with Crippen molar-refractivity contribution >= 4 is 99.1 Å². The van der Waals surface area contributed by atoms with Crippen molar-refractivity contribution in [1.29, 1.82) is 0 Å². The van der Waals surface area contributed by atoms with E-state index in [0.29, 0.717) is 82.6 Å². The van der Waals surface area contributed by atoms with Gasteiger partial charge < -0.3 is 33.5 Å². The van der Waals surface area contributed by atoms with Gasteiger partial charge in [-0.15, -0.1) is 0 Å². The number of nitrogens with zero attached hydrogens (tertiary/aromatic N) is 2. The Morgan fingerprint density at radius 1 is 0.681 bits per heavy atom. The van der Waals surface area contributed by atoms with E-state index in [-0.39, 0.29) is 172 Å². The molecule has 5 aromatic rings. The van der Waals surface area contributed by atoms with Gasteiger partial charge in [0, 0.05) is 90.6 Å². The number of carbonyl (C=O) groups excluding carboxylic acids is 3. The van der Waals surface area contributed by atoms with Crippen LogP contribution in [0.25, 0.3) is 0 Å². The summed E-state index contributed by atoms with van der Waals surface area (Å²) in [7, 11) is -17.3. The summed E-state index contributed by atoms with van der Waals surface area (Å²) in [4.78, 5) is 41.0. The van der Waals surface area contributed by atoms with E-state index in [1.165, 1.54) is 50.6 Å². The Morgan fingerprint density at radius 2 is 1.30 bits per heavy atom. The minimum atomic E-state index is -5.00. The quantitative estimate of drug-likeness (QED) is 0.0102. The van der Waals surface area contributed by atoms with Gasteiger partial charge in [-0.25, -0.2) is 21.6 Å². The maximum absolute atomic E-state index is 13.6. The SMILES string of the molecule is COCCOCCN1C(=CC=CC2=[N+](CCCCCC(=O)CCCNC(=O)c3ccc(C(=O)OC)c(P(c4ccccc4)c4ccccc4)c3)c3ccc(S(=O)(=O)[O-])cc3C2(C)CCCS(=O)(=O)[O-])C(C)(CCCS(=O)(=O)O)c2cc(S(=O)(=O)O)ccc21.[Na+].[Na+].[Na+]. The van der Waals surface area contributed by atoms with Crippen LogP contribution >= 0.6 is 7.92 Å². The number of ketones is 1. The number of allylic oxidation sites excluding steroid dienone is 4. The molecule has 0 radical (unpaired) electrons. The molecule has 0 aromatic heterocycles. The summed E-state index contributed by atoms with van der Waals surface area (Å²) in [6.45, 7) is 4.87. The Hall–Kier alpha value is -3.35. The van der Waals surface area contributed by atoms with Crippen LogP contribution in [-0.4, -0.2) is 145 Å². The third-order valence-electron chi connectivity index (χ3n) is 15.7. The van der Waals surface area contributed by atoms with Crippen LogP contribution in [-0.2, 0) is 70.3 Å². The molecule has 2 aliphatic rings. The molecule has 2 heterocycles. The van der Waals surface area contributed by atoms with Gasteiger partial charge in [-0.3, -0.25) is 18.7 Å². The predicted octanol–water partition coefficient (Wildman–Crippen LogP) is -2.04. The number of anilines is 1. The number of carbonyl (C=O) groups is 3. The molecule has 2 atom stereocenters. The average Bonchev–Trinajstić information content (AvgIpc) is 1.62. The smallest absolute Gasteiger partial charge is 0.748 e. The molecule has 0 saturated heterocycles. The summed E-state index contributed by atoms with van der Waals surface area (Å²) in [5.74, 6) is -2.30. The summed E-state index contributed by atoms with van der Waals surface area (Å²) >= 11 is 0. The van der Waals surface area contributed by atoms with Crippen LogP contribution in [0.1, 0.15) is 110 Å². The Morgan fingerprint density at radius 3 is 1.90 bits per heavy atom. The molecule has 3 N–H and O–H groups in total. The van der Waals surface area contributed by atoms with E-state index in [9.17, 15) is 66.3 Å². The van der Waals surface area contributed by atoms with E-state index in [1.807, 2.05) is 70.1 Å². The van der Waals surface area contributed by atoms with E-state index in [4.69, 9.17) is 14.2 Å². The van der Waals surface area contributed by atoms with Gasteiger partial charge in [0.15, 0.2) is 5.71 Å². The molecular formula is C62H73N3Na3O18PS4+2. The second-order valence-electron chi connectivity index (χ2n) is 21.8. The van der Waals surface area contributed by atoms with Crippen molar-refractivity contribution in [2.24, 2.45) is 0 Å². The monoisotopic (exact) mass is 1380 g/mol. The number of methoxy groups -OCH3 is 2. The first kappa shape index (κ1) is 80.1. The van der Waals surface area contributed by atoms with Crippen LogP contribution in [0.3, 0.4) is 0 Å². The van der Waals surface area contributed by atoms with Crippen molar-refractivity contribution in [2.75, 3.05) is 70.1 Å². The van der Waals surface area contributed by atoms with Crippen molar-refractivity contribution in [1.82, 2.24) is 5.32 Å². The minimum Gasteiger partial charge on any atom is -0.748 e. The number of Topliss-reactive ketones (excluding diaryl/α,β-unsaturated/α-hetero) is 1. The Balaban J connectivity index is 0.00000589. The number of ether oxygens (including phenoxy) is 3. The Kier molecular flexibility index (Phi) is 31.3. The molecule has 2 unspecified atom stereocenters. The normalized spacial score (nSPS) is 16.9. The number of fused-ring (bicyclic) bond motifs is 2. The molecular weight excluding hydrogens is 1300 g/mol. The van der Waals surface area contributed by atoms with Gasteiger partial charge in [-0.1, -0.05) is 66.7 Å². The van der Waals surface area contributed by atoms with E-state index in [2.05, 4.69) is 5.32 Å². The molecule has 0 bridgehead atoms. The summed E-state index contributed by atoms with van der Waals surface area (Å²) in [6.07, 6.45) is 7.24. The summed E-state index contributed by atoms with van der Waals surface area (Å²) < 4.78 is 160. The molecule has 29 heteroatoms. The van der Waals surface area contributed by atoms with Gasteiger partial charge in [0.1, 0.15) is 22.4 Å². The van der Waals surface area contributed by atoms with Gasteiger partial charge in [0.05, 0.1) is 63.6 Å². The fourth-order valence-electron chi connectivity index (χ4n) is 11.4. The Labute approximate surface area is 601 Å². The van der Waals surface area contributed by atoms with Crippen LogP contribution in [0.5, 0.6) is 0 Å². The zero-order chi connectivity index (χ0) is 64.1. The molecule has 21 nitrogen and oxygen atoms in total. The minimum absolute atomic E-state index is 0. The molecule has 0 aliphatic carbocycles. The average molecular weight is 1380 g/mol. The van der Waals surface area contributed by atoms with Gasteiger partial charge in [0.25, 0.3) is 26.1 Å². The number of rotatable bonds is 33. The van der Waals surface area contributed by atoms with Crippen LogP contribution in [0.4, 0.5) is 11.4 Å². The van der Waals surface area contributed by atoms with Crippen molar-refractivity contribution in [3.8, 4) is 0 Å². The Bertz CT molecular complexity index is 3900. The third-order valence-corrected chi connectivity index (χ3v) is 21.5. The van der Waals surface area contributed by atoms with E-state index in [1.54, 1.807) is 50.3 Å². The first-order chi connectivity index (χ1) is 41.6. The number of esters is 1. The molecule has 5 aromatic carbocycles. The number of amides is 1. The number of hydrogen-bond donors (Lipinski definition) is 3. The van der Waals surface area contributed by atoms with Crippen molar-refractivity contribution in [3.05, 3.63) is 161 Å². The molecule has 1 amide bonds. The van der Waals surface area contributed by atoms with Crippen molar-refractivity contribution in [2.45, 2.75) is 98.7 Å². The van der Waals surface area contributed by atoms with E-state index >= 15 is 0 Å². The van der Waals surface area contributed by atoms with Crippen LogP contribution in [0.15, 0.2) is 149 Å². The van der Waals surface area contributed by atoms with Crippen LogP contribution in [0.2, 0.25) is 0 Å². The van der Waals surface area contributed by atoms with Crippen LogP contribution in [0, 0.1) is 0 Å². The molecule has 2 aliphatic heterocycles. The van der Waals surface area contributed by atoms with E-state index < -0.39 is 86.5 Å². The maximum Gasteiger partial charge on any atom is 1.00 e. The largest absolute Gasteiger partial charge is 1.00 e. The molecule has 91 heavy (non-hydrogen) atoms. The second-order valence-corrected chi connectivity index (χ2v) is 29.9. The number of hydrogen-bond acceptors (Lipinski definition) is 17. The first-order valence-corrected chi connectivity index (χ1v) is 35.9. The first-order valence-electron chi connectivity index (χ1n) is 28.5. The van der Waals surface area contributed by atoms with E-state index in [0.717, 1.165) is 10.6 Å². The molecule has 7 rings (SSSR count). The summed E-state index contributed by atoms with van der Waals surface area (Å²) in [6, 6.07) is 32.3. The second kappa shape index (κ2) is 35.6. The molecule has 0 fully saturated rings. The predicted molar refractivity (Wildman–Crippen MR) is 333 cm³/mol. The standard InChI is InChI=1S/C62H74N3O18PS4.3Na/c1-61(32-16-40-85(69,70)71)52-43-49(87(75,76)77)27-30-54(52)64(57(61)24-14-25-58-62(2,33-17-41-86(72,73)74)53-44-50(88(78,79)80)28-31-55(53)65(58)36-37-83-39-38-81-3)35-13-7-8-18-46(66)19-15-34-63-59(67)45-26-29-51(60(68)82-4)56(42-45)84(47-20-9-5-10-21-47)48-22-11-6-12-23-48;;;/h5-6,9-12,14,20-31,42-44H,7-8,13,15-19,32-41H2,1-4H3,(H4-,63,67,69,70,71,72,73,74,75,76,77,78,79,80);;;/q;3*+1/p-1. The van der Waals surface area contributed by atoms with Crippen LogP contribution < -0.4 is 115 Å². The summed E-state index contributed by atoms with van der Waals surface area (Å²) in [5, 5.41) is 5.51. The molecule has 0 saturated carbocycles. The molecule has 0 spiro atoms. The fourth-order valence-corrected chi connectivity index (χ4v) is 15.9. The third kappa shape index (κ3) is 21.6. The zero-order valence-electron chi connectivity index (χ0n) is 52.3. The van der Waals surface area contributed by atoms with Gasteiger partial charge >= 0.3 is 94.6 Å². The number of unbranched alkanes of at least 4 members (excludes halogenated alkanes) is 2. The zero-order valence-corrected chi connectivity index (χ0v) is 62.5. The fraction of sp³-hybridized carbons (Fsp3) is 0.387. The van der Waals surface area contributed by atoms with Gasteiger partial charge in [-0.2, -0.15) is 21.4 Å². The van der Waals surface area contributed by atoms with Crippen molar-refractivity contribution in [3.63, 3.8) is 0 Å². The van der Waals surface area contributed by atoms with Gasteiger partial charge in [-0.05, 0) is 137 Å². The topological polar surface area (TPSA) is 320 Å². The summed E-state index contributed by atoms with van der Waals surface area (Å²) in [5.41, 5.74) is 1.16. The van der Waals surface area contributed by atoms with Gasteiger partial charge in [0.2, 0.25) is 5.69 Å². The van der Waals surface area contributed by atoms with Crippen molar-refractivity contribution < 1.29 is 174 Å². The number of benzene rings is 5. The maximum atomic E-state index is 13.6. The molecule has 474 valence electrons.